The summed E-state index contributed by atoms with van der Waals surface area (Å²) >= 11 is 0. The van der Waals surface area contributed by atoms with Crippen LogP contribution in [0.5, 0.6) is 5.75 Å². The van der Waals surface area contributed by atoms with Crippen molar-refractivity contribution in [3.8, 4) is 5.75 Å². The first-order valence-corrected chi connectivity index (χ1v) is 11.2. The van der Waals surface area contributed by atoms with Crippen LogP contribution in [-0.2, 0) is 6.61 Å². The number of carbonyl (C=O) groups excluding carboxylic acids is 1. The van der Waals surface area contributed by atoms with Crippen LogP contribution in [0.15, 0.2) is 108 Å². The lowest BCUT2D eigenvalue weighted by molar-refractivity contribution is 0.0954. The van der Waals surface area contributed by atoms with Crippen LogP contribution in [0.25, 0.3) is 21.5 Å². The average molecular weight is 445 g/mol. The summed E-state index contributed by atoms with van der Waals surface area (Å²) in [6.45, 7) is 2.33. The third-order valence-corrected chi connectivity index (χ3v) is 5.94. The minimum absolute atomic E-state index is 0.243. The summed E-state index contributed by atoms with van der Waals surface area (Å²) in [5.74, 6) is 0.466. The number of hydrazone groups is 1. The van der Waals surface area contributed by atoms with Crippen molar-refractivity contribution in [2.75, 3.05) is 0 Å². The molecule has 0 aromatic heterocycles. The molecule has 4 nitrogen and oxygen atoms in total. The van der Waals surface area contributed by atoms with E-state index in [1.165, 1.54) is 10.8 Å². The Morgan fingerprint density at radius 3 is 2.29 bits per heavy atom. The number of amides is 1. The topological polar surface area (TPSA) is 50.7 Å². The molecule has 0 saturated heterocycles. The Hall–Kier alpha value is -4.44. The molecule has 5 aromatic carbocycles. The molecule has 0 aliphatic carbocycles. The predicted octanol–water partition coefficient (Wildman–Crippen LogP) is 6.64. The first-order chi connectivity index (χ1) is 16.7. The highest BCUT2D eigenvalue weighted by Gasteiger charge is 2.10. The predicted molar refractivity (Wildman–Crippen MR) is 138 cm³/mol. The quantitative estimate of drug-likeness (QED) is 0.236. The number of ether oxygens (including phenoxy) is 1. The van der Waals surface area contributed by atoms with Crippen molar-refractivity contribution in [1.29, 1.82) is 0 Å². The van der Waals surface area contributed by atoms with Gasteiger partial charge in [0.1, 0.15) is 12.4 Å². The summed E-state index contributed by atoms with van der Waals surface area (Å²) in [7, 11) is 0. The maximum Gasteiger partial charge on any atom is 0.271 e. The summed E-state index contributed by atoms with van der Waals surface area (Å²) in [5, 5.41) is 8.71. The van der Waals surface area contributed by atoms with E-state index in [2.05, 4.69) is 34.8 Å². The first-order valence-electron chi connectivity index (χ1n) is 11.2. The molecule has 4 heteroatoms. The van der Waals surface area contributed by atoms with Crippen LogP contribution < -0.4 is 10.2 Å². The third-order valence-electron chi connectivity index (χ3n) is 5.94. The van der Waals surface area contributed by atoms with Gasteiger partial charge < -0.3 is 4.74 Å². The lowest BCUT2D eigenvalue weighted by Gasteiger charge is -2.13. The Morgan fingerprint density at radius 1 is 0.794 bits per heavy atom. The zero-order valence-corrected chi connectivity index (χ0v) is 18.9. The van der Waals surface area contributed by atoms with Gasteiger partial charge in [-0.3, -0.25) is 4.79 Å². The molecule has 0 fully saturated rings. The van der Waals surface area contributed by atoms with E-state index in [9.17, 15) is 4.79 Å². The van der Waals surface area contributed by atoms with Gasteiger partial charge in [-0.2, -0.15) is 5.10 Å². The number of nitrogens with one attached hydrogen (secondary N) is 1. The van der Waals surface area contributed by atoms with Crippen LogP contribution in [0.3, 0.4) is 0 Å². The molecule has 1 N–H and O–H groups in total. The van der Waals surface area contributed by atoms with Gasteiger partial charge in [-0.1, -0.05) is 91.0 Å². The van der Waals surface area contributed by atoms with Gasteiger partial charge in [0.15, 0.2) is 0 Å². The lowest BCUT2D eigenvalue weighted by atomic mass is 10.0. The van der Waals surface area contributed by atoms with Gasteiger partial charge in [-0.25, -0.2) is 5.43 Å². The second-order valence-corrected chi connectivity index (χ2v) is 8.14. The molecule has 5 aromatic rings. The first kappa shape index (κ1) is 21.4. The summed E-state index contributed by atoms with van der Waals surface area (Å²) in [6.07, 6.45) is 1.66. The zero-order valence-electron chi connectivity index (χ0n) is 18.9. The third kappa shape index (κ3) is 4.39. The Balaban J connectivity index is 1.44. The molecule has 5 rings (SSSR count). The SMILES string of the molecule is Cc1ccccc1C(=O)N/N=C/c1c(OCc2cccc3ccccc23)ccc2ccccc12. The van der Waals surface area contributed by atoms with Crippen LogP contribution >= 0.6 is 0 Å². The van der Waals surface area contributed by atoms with E-state index in [0.717, 1.165) is 27.5 Å². The van der Waals surface area contributed by atoms with Crippen LogP contribution in [0.2, 0.25) is 0 Å². The van der Waals surface area contributed by atoms with Crippen LogP contribution in [-0.4, -0.2) is 12.1 Å². The maximum atomic E-state index is 12.6. The van der Waals surface area contributed by atoms with Crippen molar-refractivity contribution in [2.45, 2.75) is 13.5 Å². The van der Waals surface area contributed by atoms with Gasteiger partial charge in [-0.15, -0.1) is 0 Å². The molecule has 0 radical (unpaired) electrons. The number of rotatable bonds is 6. The average Bonchev–Trinajstić information content (AvgIpc) is 2.88. The van der Waals surface area contributed by atoms with E-state index in [1.54, 1.807) is 12.3 Å². The highest BCUT2D eigenvalue weighted by molar-refractivity contribution is 6.03. The van der Waals surface area contributed by atoms with E-state index in [-0.39, 0.29) is 5.91 Å². The van der Waals surface area contributed by atoms with Crippen LogP contribution in [0.4, 0.5) is 0 Å². The van der Waals surface area contributed by atoms with Gasteiger partial charge >= 0.3 is 0 Å². The zero-order chi connectivity index (χ0) is 23.3. The van der Waals surface area contributed by atoms with Crippen molar-refractivity contribution >= 4 is 33.7 Å². The van der Waals surface area contributed by atoms with E-state index in [0.29, 0.717) is 17.9 Å². The molecular formula is C30H24N2O2. The molecule has 34 heavy (non-hydrogen) atoms. The van der Waals surface area contributed by atoms with Crippen molar-refractivity contribution in [3.63, 3.8) is 0 Å². The largest absolute Gasteiger partial charge is 0.488 e. The molecule has 1 amide bonds. The number of hydrogen-bond donors (Lipinski definition) is 1. The molecule has 0 saturated carbocycles. The standard InChI is InChI=1S/C30H24N2O2/c1-21-9-2-5-14-25(21)30(33)32-31-19-28-27-16-7-4-11-23(27)17-18-29(28)34-20-24-13-8-12-22-10-3-6-15-26(22)24/h2-19H,20H2,1H3,(H,32,33)/b31-19+. The van der Waals surface area contributed by atoms with Gasteiger partial charge in [0.05, 0.1) is 6.21 Å². The molecule has 166 valence electrons. The summed E-state index contributed by atoms with van der Waals surface area (Å²) < 4.78 is 6.30. The van der Waals surface area contributed by atoms with E-state index >= 15 is 0 Å². The molecule has 0 aliphatic heterocycles. The number of fused-ring (bicyclic) bond motifs is 2. The fourth-order valence-corrected chi connectivity index (χ4v) is 4.15. The number of carbonyl (C=O) groups is 1. The van der Waals surface area contributed by atoms with Crippen molar-refractivity contribution in [2.24, 2.45) is 5.10 Å². The summed E-state index contributed by atoms with van der Waals surface area (Å²) in [6, 6.07) is 34.0. The van der Waals surface area contributed by atoms with Crippen molar-refractivity contribution in [3.05, 3.63) is 125 Å². The molecule has 0 aliphatic rings. The normalized spacial score (nSPS) is 11.2. The second kappa shape index (κ2) is 9.59. The molecule has 0 bridgehead atoms. The van der Waals surface area contributed by atoms with Gasteiger partial charge in [-0.05, 0) is 51.7 Å². The number of aryl methyl sites for hydroxylation is 1. The fraction of sp³-hybridized carbons (Fsp3) is 0.0667. The Morgan fingerprint density at radius 2 is 1.47 bits per heavy atom. The Labute approximate surface area is 198 Å². The molecular weight excluding hydrogens is 420 g/mol. The van der Waals surface area contributed by atoms with Crippen LogP contribution in [0.1, 0.15) is 27.0 Å². The van der Waals surface area contributed by atoms with Crippen LogP contribution in [0, 0.1) is 6.92 Å². The van der Waals surface area contributed by atoms with E-state index < -0.39 is 0 Å². The smallest absolute Gasteiger partial charge is 0.271 e. The Kier molecular flexibility index (Phi) is 6.04. The summed E-state index contributed by atoms with van der Waals surface area (Å²) in [4.78, 5) is 12.6. The molecule has 0 unspecified atom stereocenters. The minimum Gasteiger partial charge on any atom is -0.488 e. The molecule has 0 atom stereocenters. The summed E-state index contributed by atoms with van der Waals surface area (Å²) in [5.41, 5.74) is 6.09. The number of benzene rings is 5. The van der Waals surface area contributed by atoms with E-state index in [4.69, 9.17) is 4.74 Å². The number of hydrogen-bond acceptors (Lipinski definition) is 3. The molecule has 0 heterocycles. The second-order valence-electron chi connectivity index (χ2n) is 8.14. The molecule has 0 spiro atoms. The minimum atomic E-state index is -0.243. The van der Waals surface area contributed by atoms with Gasteiger partial charge in [0.25, 0.3) is 5.91 Å². The monoisotopic (exact) mass is 444 g/mol. The Bertz CT molecular complexity index is 1520. The van der Waals surface area contributed by atoms with Gasteiger partial charge in [0, 0.05) is 11.1 Å². The fourth-order valence-electron chi connectivity index (χ4n) is 4.15. The van der Waals surface area contributed by atoms with Crippen molar-refractivity contribution < 1.29 is 9.53 Å². The highest BCUT2D eigenvalue weighted by Crippen LogP contribution is 2.28. The highest BCUT2D eigenvalue weighted by atomic mass is 16.5. The van der Waals surface area contributed by atoms with Gasteiger partial charge in [0.2, 0.25) is 0 Å². The van der Waals surface area contributed by atoms with E-state index in [1.807, 2.05) is 79.7 Å². The lowest BCUT2D eigenvalue weighted by Crippen LogP contribution is -2.18. The number of nitrogens with zero attached hydrogens (tertiary/aromatic N) is 1. The van der Waals surface area contributed by atoms with Crippen molar-refractivity contribution in [1.82, 2.24) is 5.43 Å². The maximum absolute atomic E-state index is 12.6.